The second-order valence-electron chi connectivity index (χ2n) is 5.66. The van der Waals surface area contributed by atoms with Crippen molar-refractivity contribution in [1.29, 1.82) is 0 Å². The van der Waals surface area contributed by atoms with Crippen LogP contribution in [0.15, 0.2) is 60.6 Å². The molecule has 0 bridgehead atoms. The number of thiophene rings is 1. The van der Waals surface area contributed by atoms with E-state index in [0.29, 0.717) is 5.69 Å². The monoisotopic (exact) mass is 498 g/mol. The Balaban J connectivity index is 1.67. The Morgan fingerprint density at radius 3 is 2.79 bits per heavy atom. The molecule has 0 spiro atoms. The number of nitrogens with zero attached hydrogens (tertiary/aromatic N) is 2. The molecule has 2 heterocycles. The van der Waals surface area contributed by atoms with Gasteiger partial charge in [-0.1, -0.05) is 23.9 Å². The SMILES string of the molecule is Cc1ccc(NC(=O)CSc2ncc(S(=O)(=O)c3cccs3)c(N)n2)c(Br)c1. The second kappa shape index (κ2) is 8.60. The maximum Gasteiger partial charge on any atom is 0.234 e. The molecule has 7 nitrogen and oxygen atoms in total. The number of amides is 1. The highest BCUT2D eigenvalue weighted by Gasteiger charge is 2.23. The van der Waals surface area contributed by atoms with Gasteiger partial charge in [-0.15, -0.1) is 11.3 Å². The molecule has 0 atom stereocenters. The van der Waals surface area contributed by atoms with Gasteiger partial charge in [-0.05, 0) is 52.0 Å². The van der Waals surface area contributed by atoms with Crippen molar-refractivity contribution in [3.05, 3.63) is 51.9 Å². The van der Waals surface area contributed by atoms with E-state index in [1.54, 1.807) is 17.5 Å². The average molecular weight is 499 g/mol. The molecule has 0 unspecified atom stereocenters. The third kappa shape index (κ3) is 4.72. The lowest BCUT2D eigenvalue weighted by Gasteiger charge is -2.08. The van der Waals surface area contributed by atoms with E-state index in [4.69, 9.17) is 5.73 Å². The van der Waals surface area contributed by atoms with Crippen LogP contribution in [0.4, 0.5) is 11.5 Å². The molecular weight excluding hydrogens is 484 g/mol. The number of hydrogen-bond donors (Lipinski definition) is 2. The van der Waals surface area contributed by atoms with Crippen LogP contribution < -0.4 is 11.1 Å². The number of carbonyl (C=O) groups is 1. The highest BCUT2D eigenvalue weighted by Crippen LogP contribution is 2.29. The minimum Gasteiger partial charge on any atom is -0.382 e. The fourth-order valence-electron chi connectivity index (χ4n) is 2.21. The molecule has 11 heteroatoms. The summed E-state index contributed by atoms with van der Waals surface area (Å²) in [6.45, 7) is 1.95. The molecule has 3 aromatic rings. The van der Waals surface area contributed by atoms with Gasteiger partial charge in [0.15, 0.2) is 5.16 Å². The van der Waals surface area contributed by atoms with Crippen molar-refractivity contribution >= 4 is 66.3 Å². The predicted molar refractivity (Wildman–Crippen MR) is 114 cm³/mol. The van der Waals surface area contributed by atoms with Gasteiger partial charge in [-0.3, -0.25) is 4.79 Å². The smallest absolute Gasteiger partial charge is 0.234 e. The van der Waals surface area contributed by atoms with Crippen LogP contribution in [0, 0.1) is 6.92 Å². The predicted octanol–water partition coefficient (Wildman–Crippen LogP) is 3.75. The number of hydrogen-bond acceptors (Lipinski definition) is 8. The van der Waals surface area contributed by atoms with Crippen molar-refractivity contribution in [2.45, 2.75) is 21.2 Å². The number of benzene rings is 1. The summed E-state index contributed by atoms with van der Waals surface area (Å²) in [4.78, 5) is 20.1. The van der Waals surface area contributed by atoms with E-state index in [-0.39, 0.29) is 31.7 Å². The number of thioether (sulfide) groups is 1. The fraction of sp³-hybridized carbons (Fsp3) is 0.118. The minimum atomic E-state index is -3.75. The molecule has 28 heavy (non-hydrogen) atoms. The van der Waals surface area contributed by atoms with Crippen LogP contribution in [0.2, 0.25) is 0 Å². The molecule has 0 aliphatic heterocycles. The lowest BCUT2D eigenvalue weighted by atomic mass is 10.2. The van der Waals surface area contributed by atoms with Crippen LogP contribution in [0.5, 0.6) is 0 Å². The van der Waals surface area contributed by atoms with Gasteiger partial charge in [0.1, 0.15) is 14.9 Å². The number of aryl methyl sites for hydroxylation is 1. The maximum absolute atomic E-state index is 12.5. The quantitative estimate of drug-likeness (QED) is 0.392. The first-order chi connectivity index (χ1) is 13.3. The van der Waals surface area contributed by atoms with E-state index in [1.165, 1.54) is 12.3 Å². The first kappa shape index (κ1) is 20.8. The number of aromatic nitrogens is 2. The summed E-state index contributed by atoms with van der Waals surface area (Å²) >= 11 is 5.56. The van der Waals surface area contributed by atoms with E-state index in [2.05, 4.69) is 31.2 Å². The summed E-state index contributed by atoms with van der Waals surface area (Å²) in [5.74, 6) is -0.337. The Morgan fingerprint density at radius 2 is 2.14 bits per heavy atom. The summed E-state index contributed by atoms with van der Waals surface area (Å²) in [5, 5.41) is 4.68. The summed E-state index contributed by atoms with van der Waals surface area (Å²) in [6.07, 6.45) is 1.17. The van der Waals surface area contributed by atoms with Crippen molar-refractivity contribution in [3.8, 4) is 0 Å². The van der Waals surface area contributed by atoms with Crippen LogP contribution >= 0.6 is 39.0 Å². The Labute approximate surface area is 178 Å². The Morgan fingerprint density at radius 1 is 1.36 bits per heavy atom. The zero-order valence-electron chi connectivity index (χ0n) is 14.5. The number of rotatable bonds is 6. The molecule has 3 N–H and O–H groups in total. The second-order valence-corrected chi connectivity index (χ2v) is 10.5. The van der Waals surface area contributed by atoms with Crippen molar-refractivity contribution in [2.24, 2.45) is 0 Å². The zero-order valence-corrected chi connectivity index (χ0v) is 18.6. The molecule has 0 saturated carbocycles. The number of halogens is 1. The van der Waals surface area contributed by atoms with E-state index in [9.17, 15) is 13.2 Å². The van der Waals surface area contributed by atoms with Crippen molar-refractivity contribution in [3.63, 3.8) is 0 Å². The van der Waals surface area contributed by atoms with Crippen LogP contribution in [-0.2, 0) is 14.6 Å². The van der Waals surface area contributed by atoms with Crippen LogP contribution in [0.3, 0.4) is 0 Å². The lowest BCUT2D eigenvalue weighted by Crippen LogP contribution is -2.15. The Bertz CT molecular complexity index is 1120. The van der Waals surface area contributed by atoms with Gasteiger partial charge >= 0.3 is 0 Å². The summed E-state index contributed by atoms with van der Waals surface area (Å²) in [7, 11) is -3.75. The van der Waals surface area contributed by atoms with Gasteiger partial charge in [0.25, 0.3) is 0 Å². The molecule has 0 aliphatic carbocycles. The molecule has 146 valence electrons. The van der Waals surface area contributed by atoms with Gasteiger partial charge in [0.2, 0.25) is 15.7 Å². The highest BCUT2D eigenvalue weighted by molar-refractivity contribution is 9.10. The van der Waals surface area contributed by atoms with E-state index >= 15 is 0 Å². The minimum absolute atomic E-state index is 0.0524. The van der Waals surface area contributed by atoms with Crippen molar-refractivity contribution in [1.82, 2.24) is 9.97 Å². The van der Waals surface area contributed by atoms with Gasteiger partial charge in [-0.25, -0.2) is 18.4 Å². The van der Waals surface area contributed by atoms with E-state index in [1.807, 2.05) is 19.1 Å². The Kier molecular flexibility index (Phi) is 6.38. The molecule has 0 fully saturated rings. The first-order valence-corrected chi connectivity index (χ1v) is 12.0. The van der Waals surface area contributed by atoms with Gasteiger partial charge < -0.3 is 11.1 Å². The molecule has 1 aromatic carbocycles. The maximum atomic E-state index is 12.5. The van der Waals surface area contributed by atoms with Crippen LogP contribution in [-0.4, -0.2) is 30.0 Å². The van der Waals surface area contributed by atoms with Crippen molar-refractivity contribution < 1.29 is 13.2 Å². The van der Waals surface area contributed by atoms with E-state index < -0.39 is 9.84 Å². The van der Waals surface area contributed by atoms with Crippen LogP contribution in [0.1, 0.15) is 5.56 Å². The number of nitrogens with two attached hydrogens (primary N) is 1. The molecule has 0 radical (unpaired) electrons. The summed E-state index contributed by atoms with van der Waals surface area (Å²) in [6, 6.07) is 8.74. The molecule has 1 amide bonds. The number of carbonyl (C=O) groups excluding carboxylic acids is 1. The average Bonchev–Trinajstić information content (AvgIpc) is 3.18. The highest BCUT2D eigenvalue weighted by atomic mass is 79.9. The molecule has 2 aromatic heterocycles. The van der Waals surface area contributed by atoms with Crippen LogP contribution in [0.25, 0.3) is 0 Å². The number of sulfone groups is 1. The van der Waals surface area contributed by atoms with Crippen molar-refractivity contribution in [2.75, 3.05) is 16.8 Å². The summed E-state index contributed by atoms with van der Waals surface area (Å²) < 4.78 is 26.0. The first-order valence-electron chi connectivity index (χ1n) is 7.87. The topological polar surface area (TPSA) is 115 Å². The third-order valence-corrected chi connectivity index (χ3v) is 8.23. The zero-order chi connectivity index (χ0) is 20.3. The molecule has 0 saturated heterocycles. The standard InChI is InChI=1S/C17H15BrN4O3S3/c1-10-4-5-12(11(18)7-10)21-14(23)9-27-17-20-8-13(16(19)22-17)28(24,25)15-3-2-6-26-15/h2-8H,9H2,1H3,(H,21,23)(H2,19,20,22). The third-order valence-electron chi connectivity index (χ3n) is 3.54. The number of nitrogens with one attached hydrogen (secondary N) is 1. The number of anilines is 2. The number of nitrogen functional groups attached to an aromatic ring is 1. The lowest BCUT2D eigenvalue weighted by molar-refractivity contribution is -0.113. The Hall–Kier alpha value is -1.95. The fourth-order valence-corrected chi connectivity index (χ4v) is 5.80. The normalized spacial score (nSPS) is 11.4. The van der Waals surface area contributed by atoms with Gasteiger partial charge in [-0.2, -0.15) is 0 Å². The van der Waals surface area contributed by atoms with E-state index in [0.717, 1.165) is 33.1 Å². The van der Waals surface area contributed by atoms with Gasteiger partial charge in [0, 0.05) is 4.47 Å². The molecule has 0 aliphatic rings. The molecule has 3 rings (SSSR count). The molecular formula is C17H15BrN4O3S3. The summed E-state index contributed by atoms with van der Waals surface area (Å²) in [5.41, 5.74) is 7.56. The van der Waals surface area contributed by atoms with Gasteiger partial charge in [0.05, 0.1) is 17.6 Å². The largest absolute Gasteiger partial charge is 0.382 e.